The first kappa shape index (κ1) is 18.6. The highest BCUT2D eigenvalue weighted by Crippen LogP contribution is 2.56. The lowest BCUT2D eigenvalue weighted by molar-refractivity contribution is -0.354. The molecule has 0 bridgehead atoms. The van der Waals surface area contributed by atoms with E-state index in [1.165, 1.54) is 6.92 Å². The van der Waals surface area contributed by atoms with Gasteiger partial charge in [0.15, 0.2) is 0 Å². The van der Waals surface area contributed by atoms with Gasteiger partial charge in [-0.1, -0.05) is 29.8 Å². The van der Waals surface area contributed by atoms with Crippen molar-refractivity contribution in [1.82, 2.24) is 0 Å². The molecule has 0 saturated heterocycles. The van der Waals surface area contributed by atoms with Crippen LogP contribution in [0, 0.1) is 6.92 Å². The molecule has 0 aliphatic heterocycles. The Morgan fingerprint density at radius 3 is 1.23 bits per heavy atom. The molecule has 0 saturated carbocycles. The van der Waals surface area contributed by atoms with Crippen LogP contribution in [0.2, 0.25) is 0 Å². The molecule has 0 heterocycles. The summed E-state index contributed by atoms with van der Waals surface area (Å²) in [5.41, 5.74) is -1.18. The van der Waals surface area contributed by atoms with Gasteiger partial charge in [0.2, 0.25) is 0 Å². The van der Waals surface area contributed by atoms with Gasteiger partial charge in [-0.25, -0.2) is 0 Å². The van der Waals surface area contributed by atoms with Gasteiger partial charge in [-0.15, -0.1) is 0 Å². The highest BCUT2D eigenvalue weighted by molar-refractivity contribution is 5.29. The molecule has 0 spiro atoms. The molecule has 1 aromatic carbocycles. The van der Waals surface area contributed by atoms with Crippen molar-refractivity contribution in [3.63, 3.8) is 0 Å². The summed E-state index contributed by atoms with van der Waals surface area (Å²) >= 11 is 0. The fourth-order valence-electron chi connectivity index (χ4n) is 1.73. The highest BCUT2D eigenvalue weighted by Gasteiger charge is 2.76. The summed E-state index contributed by atoms with van der Waals surface area (Å²) in [6.45, 7) is 1.35. The van der Waals surface area contributed by atoms with Crippen LogP contribution in [0.15, 0.2) is 24.3 Å². The molecule has 0 atom stereocenters. The molecule has 1 rings (SSSR count). The Kier molecular flexibility index (Phi) is 4.48. The first-order valence-corrected chi connectivity index (χ1v) is 5.58. The fraction of sp³-hybridized carbons (Fsp3) is 0.500. The minimum absolute atomic E-state index is 0.285. The molecule has 0 N–H and O–H groups in total. The second-order valence-electron chi connectivity index (χ2n) is 4.59. The largest absolute Gasteiger partial charge is 0.454 e. The Morgan fingerprint density at radius 1 is 0.636 bits per heavy atom. The van der Waals surface area contributed by atoms with Crippen LogP contribution in [0.4, 0.5) is 43.9 Å². The van der Waals surface area contributed by atoms with E-state index in [-0.39, 0.29) is 5.56 Å². The topological polar surface area (TPSA) is 0 Å². The van der Waals surface area contributed by atoms with Crippen LogP contribution in [-0.2, 0) is 0 Å². The zero-order chi connectivity index (χ0) is 17.6. The lowest BCUT2D eigenvalue weighted by atomic mass is 9.85. The van der Waals surface area contributed by atoms with E-state index in [4.69, 9.17) is 0 Å². The monoisotopic (exact) mass is 342 g/mol. The van der Waals surface area contributed by atoms with E-state index < -0.39 is 35.7 Å². The number of rotatable bonds is 3. The van der Waals surface area contributed by atoms with Gasteiger partial charge in [-0.05, 0) is 12.5 Å². The second kappa shape index (κ2) is 5.31. The molecule has 126 valence electrons. The summed E-state index contributed by atoms with van der Waals surface area (Å²) in [5.74, 6) is -17.0. The quantitative estimate of drug-likeness (QED) is 0.639. The van der Waals surface area contributed by atoms with Crippen molar-refractivity contribution in [3.8, 4) is 0 Å². The van der Waals surface area contributed by atoms with Crippen LogP contribution < -0.4 is 0 Å². The van der Waals surface area contributed by atoms with Crippen molar-refractivity contribution in [2.75, 3.05) is 0 Å². The number of hydrogen-bond acceptors (Lipinski definition) is 0. The molecule has 0 amide bonds. The van der Waals surface area contributed by atoms with Gasteiger partial charge in [0.05, 0.1) is 0 Å². The molecule has 0 nitrogen and oxygen atoms in total. The van der Waals surface area contributed by atoms with Gasteiger partial charge >= 0.3 is 24.2 Å². The van der Waals surface area contributed by atoms with Gasteiger partial charge in [-0.3, -0.25) is 0 Å². The number of halogens is 10. The minimum atomic E-state index is -6.57. The fourth-order valence-corrected chi connectivity index (χ4v) is 1.73. The lowest BCUT2D eigenvalue weighted by Crippen LogP contribution is -2.54. The molecule has 0 fully saturated rings. The second-order valence-corrected chi connectivity index (χ2v) is 4.59. The molecule has 10 heteroatoms. The SMILES string of the molecule is Cc1ccc(C(C(F)(F)C(F)(F)F)C(F)(F)C(F)(F)F)cc1. The van der Waals surface area contributed by atoms with Crippen LogP contribution in [0.1, 0.15) is 17.0 Å². The van der Waals surface area contributed by atoms with E-state index in [1.54, 1.807) is 0 Å². The van der Waals surface area contributed by atoms with Crippen LogP contribution in [0.5, 0.6) is 0 Å². The van der Waals surface area contributed by atoms with E-state index in [9.17, 15) is 43.9 Å². The Bertz CT molecular complexity index is 482. The predicted octanol–water partition coefficient (Wildman–Crippen LogP) is 5.47. The van der Waals surface area contributed by atoms with Crippen molar-refractivity contribution in [3.05, 3.63) is 35.4 Å². The smallest absolute Gasteiger partial charge is 0.195 e. The normalized spacial score (nSPS) is 14.5. The standard InChI is InChI=1S/C12H8F10/c1-6-2-4-7(5-3-6)8(9(13,14)11(17,18)19)10(15,16)12(20,21)22/h2-5,8H,1H3. The van der Waals surface area contributed by atoms with Crippen LogP contribution in [-0.4, -0.2) is 24.2 Å². The summed E-state index contributed by atoms with van der Waals surface area (Å²) in [6, 6.07) is 2.50. The average Bonchev–Trinajstić information content (AvgIpc) is 2.28. The molecule has 0 aliphatic carbocycles. The van der Waals surface area contributed by atoms with E-state index in [1.807, 2.05) is 0 Å². The summed E-state index contributed by atoms with van der Waals surface area (Å²) in [5, 5.41) is 0. The van der Waals surface area contributed by atoms with Crippen molar-refractivity contribution in [2.45, 2.75) is 37.0 Å². The highest BCUT2D eigenvalue weighted by atomic mass is 19.4. The number of alkyl halides is 10. The van der Waals surface area contributed by atoms with Gasteiger partial charge in [-0.2, -0.15) is 43.9 Å². The predicted molar refractivity (Wildman–Crippen MR) is 55.9 cm³/mol. The molecular weight excluding hydrogens is 334 g/mol. The summed E-state index contributed by atoms with van der Waals surface area (Å²) < 4.78 is 127. The number of aryl methyl sites for hydroxylation is 1. The molecule has 22 heavy (non-hydrogen) atoms. The Labute approximate surface area is 117 Å². The van der Waals surface area contributed by atoms with E-state index in [0.29, 0.717) is 12.1 Å². The number of hydrogen-bond donors (Lipinski definition) is 0. The Morgan fingerprint density at radius 2 is 0.955 bits per heavy atom. The van der Waals surface area contributed by atoms with Crippen molar-refractivity contribution < 1.29 is 43.9 Å². The van der Waals surface area contributed by atoms with Crippen molar-refractivity contribution in [2.24, 2.45) is 0 Å². The molecule has 0 aromatic heterocycles. The van der Waals surface area contributed by atoms with Crippen LogP contribution in [0.25, 0.3) is 0 Å². The third-order valence-corrected chi connectivity index (χ3v) is 2.89. The maximum Gasteiger partial charge on any atom is 0.454 e. The number of benzene rings is 1. The average molecular weight is 342 g/mol. The molecular formula is C12H8F10. The molecule has 0 aliphatic rings. The zero-order valence-corrected chi connectivity index (χ0v) is 10.7. The van der Waals surface area contributed by atoms with E-state index in [0.717, 1.165) is 12.1 Å². The molecule has 0 unspecified atom stereocenters. The summed E-state index contributed by atoms with van der Waals surface area (Å²) in [4.78, 5) is 0. The van der Waals surface area contributed by atoms with Crippen molar-refractivity contribution in [1.29, 1.82) is 0 Å². The Hall–Kier alpha value is -1.48. The van der Waals surface area contributed by atoms with Crippen LogP contribution >= 0.6 is 0 Å². The third-order valence-electron chi connectivity index (χ3n) is 2.89. The maximum absolute atomic E-state index is 13.3. The molecule has 0 radical (unpaired) electrons. The zero-order valence-electron chi connectivity index (χ0n) is 10.7. The first-order chi connectivity index (χ1) is 9.62. The third kappa shape index (κ3) is 3.14. The van der Waals surface area contributed by atoms with Crippen molar-refractivity contribution >= 4 is 0 Å². The van der Waals surface area contributed by atoms with Gasteiger partial charge in [0, 0.05) is 0 Å². The maximum atomic E-state index is 13.3. The summed E-state index contributed by atoms with van der Waals surface area (Å²) in [7, 11) is 0. The van der Waals surface area contributed by atoms with E-state index in [2.05, 4.69) is 0 Å². The first-order valence-electron chi connectivity index (χ1n) is 5.58. The lowest BCUT2D eigenvalue weighted by Gasteiger charge is -2.35. The minimum Gasteiger partial charge on any atom is -0.195 e. The Balaban J connectivity index is 3.57. The van der Waals surface area contributed by atoms with Crippen LogP contribution in [0.3, 0.4) is 0 Å². The van der Waals surface area contributed by atoms with Gasteiger partial charge < -0.3 is 0 Å². The molecule has 1 aromatic rings. The van der Waals surface area contributed by atoms with Gasteiger partial charge in [0.1, 0.15) is 5.92 Å². The van der Waals surface area contributed by atoms with Gasteiger partial charge in [0.25, 0.3) is 0 Å². The van der Waals surface area contributed by atoms with E-state index >= 15 is 0 Å². The summed E-state index contributed by atoms with van der Waals surface area (Å²) in [6.07, 6.45) is -13.1.